The number of nitrogens with zero attached hydrogens (tertiary/aromatic N) is 3. The fourth-order valence-corrected chi connectivity index (χ4v) is 3.22. The average molecular weight is 382 g/mol. The van der Waals surface area contributed by atoms with Gasteiger partial charge in [-0.1, -0.05) is 41.9 Å². The van der Waals surface area contributed by atoms with Crippen molar-refractivity contribution >= 4 is 22.0 Å². The predicted molar refractivity (Wildman–Crippen MR) is 88.2 cm³/mol. The molecule has 6 nitrogen and oxygen atoms in total. The first-order chi connectivity index (χ1) is 11.0. The van der Waals surface area contributed by atoms with Gasteiger partial charge >= 0.3 is 6.03 Å². The number of carbonyl (C=O) groups excluding carboxylic acids is 1. The van der Waals surface area contributed by atoms with Crippen LogP contribution < -0.4 is 0 Å². The molecule has 124 valence electrons. The molecule has 2 heterocycles. The van der Waals surface area contributed by atoms with E-state index in [0.29, 0.717) is 13.1 Å². The van der Waals surface area contributed by atoms with Gasteiger partial charge in [0.15, 0.2) is 6.73 Å². The van der Waals surface area contributed by atoms with Gasteiger partial charge in [0.1, 0.15) is 11.9 Å². The summed E-state index contributed by atoms with van der Waals surface area (Å²) in [6.07, 6.45) is 1.27. The molecule has 1 unspecified atom stereocenters. The lowest BCUT2D eigenvalue weighted by Crippen LogP contribution is -2.41. The number of benzene rings is 1. The zero-order valence-corrected chi connectivity index (χ0v) is 14.7. The van der Waals surface area contributed by atoms with Gasteiger partial charge in [0, 0.05) is 23.5 Å². The highest BCUT2D eigenvalue weighted by molar-refractivity contribution is 9.10. The van der Waals surface area contributed by atoms with Crippen LogP contribution in [0, 0.1) is 5.92 Å². The van der Waals surface area contributed by atoms with Crippen molar-refractivity contribution < 1.29 is 14.7 Å². The van der Waals surface area contributed by atoms with Crippen LogP contribution in [-0.4, -0.2) is 45.9 Å². The number of carbonyl (C=O) groups is 1. The Morgan fingerprint density at radius 3 is 2.83 bits per heavy atom. The molecule has 2 aliphatic rings. The summed E-state index contributed by atoms with van der Waals surface area (Å²) in [6, 6.07) is 7.46. The lowest BCUT2D eigenvalue weighted by atomic mass is 10.1. The van der Waals surface area contributed by atoms with Gasteiger partial charge < -0.3 is 14.8 Å². The Hall–Kier alpha value is -1.57. The van der Waals surface area contributed by atoms with Gasteiger partial charge in [-0.25, -0.2) is 4.79 Å². The molecule has 23 heavy (non-hydrogen) atoms. The molecule has 1 aromatic carbocycles. The quantitative estimate of drug-likeness (QED) is 0.852. The van der Waals surface area contributed by atoms with Crippen molar-refractivity contribution in [3.63, 3.8) is 0 Å². The second-order valence-corrected chi connectivity index (χ2v) is 6.91. The summed E-state index contributed by atoms with van der Waals surface area (Å²) in [5.41, 5.74) is 0.862. The van der Waals surface area contributed by atoms with E-state index in [1.54, 1.807) is 16.0 Å². The predicted octanol–water partition coefficient (Wildman–Crippen LogP) is 3.36. The smallest absolute Gasteiger partial charge is 0.328 e. The number of ether oxygens (including phenoxy) is 1. The molecule has 1 fully saturated rings. The third kappa shape index (κ3) is 3.22. The van der Waals surface area contributed by atoms with Crippen LogP contribution in [-0.2, 0) is 4.74 Å². The number of hydrogen-bond donors (Lipinski definition) is 1. The Morgan fingerprint density at radius 2 is 2.17 bits per heavy atom. The normalized spacial score (nSPS) is 21.8. The number of halogens is 1. The minimum atomic E-state index is -0.489. The highest BCUT2D eigenvalue weighted by Gasteiger charge is 2.38. The summed E-state index contributed by atoms with van der Waals surface area (Å²) in [5, 5.41) is 11.4. The molecule has 0 radical (unpaired) electrons. The monoisotopic (exact) mass is 381 g/mol. The maximum Gasteiger partial charge on any atom is 0.328 e. The van der Waals surface area contributed by atoms with Crippen molar-refractivity contribution in [3.05, 3.63) is 46.3 Å². The number of amides is 2. The minimum absolute atomic E-state index is 0.165. The third-order valence-corrected chi connectivity index (χ3v) is 4.50. The van der Waals surface area contributed by atoms with Crippen molar-refractivity contribution in [3.8, 4) is 0 Å². The van der Waals surface area contributed by atoms with E-state index in [1.165, 1.54) is 5.06 Å². The number of allylic oxidation sites excluding steroid dienone is 1. The van der Waals surface area contributed by atoms with E-state index >= 15 is 0 Å². The van der Waals surface area contributed by atoms with Gasteiger partial charge in [0.25, 0.3) is 0 Å². The van der Waals surface area contributed by atoms with Crippen LogP contribution in [0.1, 0.15) is 25.6 Å². The first kappa shape index (κ1) is 16.3. The van der Waals surface area contributed by atoms with Crippen LogP contribution in [0.25, 0.3) is 0 Å². The summed E-state index contributed by atoms with van der Waals surface area (Å²) >= 11 is 3.43. The second kappa shape index (κ2) is 6.51. The van der Waals surface area contributed by atoms with E-state index in [-0.39, 0.29) is 18.7 Å². The molecule has 3 rings (SSSR count). The lowest BCUT2D eigenvalue weighted by Gasteiger charge is -2.29. The summed E-state index contributed by atoms with van der Waals surface area (Å²) in [4.78, 5) is 16.0. The van der Waals surface area contributed by atoms with E-state index in [2.05, 4.69) is 15.9 Å². The molecule has 1 saturated heterocycles. The SMILES string of the molecule is CC(C)C1=CN(C(=O)N2CCN(O)C2c2cccc(Br)c2)CO1. The third-order valence-electron chi connectivity index (χ3n) is 4.01. The molecule has 0 spiro atoms. The molecule has 7 heteroatoms. The largest absolute Gasteiger partial charge is 0.475 e. The number of hydroxylamine groups is 2. The van der Waals surface area contributed by atoms with Crippen LogP contribution in [0.15, 0.2) is 40.7 Å². The van der Waals surface area contributed by atoms with Gasteiger partial charge in [0.05, 0.1) is 6.20 Å². The van der Waals surface area contributed by atoms with E-state index in [9.17, 15) is 10.0 Å². The van der Waals surface area contributed by atoms with E-state index in [4.69, 9.17) is 4.74 Å². The van der Waals surface area contributed by atoms with E-state index in [0.717, 1.165) is 15.8 Å². The van der Waals surface area contributed by atoms with Crippen molar-refractivity contribution in [2.75, 3.05) is 19.8 Å². The Balaban J connectivity index is 1.82. The summed E-state index contributed by atoms with van der Waals surface area (Å²) in [7, 11) is 0. The fourth-order valence-electron chi connectivity index (χ4n) is 2.80. The first-order valence-corrected chi connectivity index (χ1v) is 8.39. The number of rotatable bonds is 2. The first-order valence-electron chi connectivity index (χ1n) is 7.60. The zero-order valence-electron chi connectivity index (χ0n) is 13.1. The molecule has 0 aliphatic carbocycles. The highest BCUT2D eigenvalue weighted by Crippen LogP contribution is 2.32. The molecule has 1 atom stereocenters. The lowest BCUT2D eigenvalue weighted by molar-refractivity contribution is -0.122. The Kier molecular flexibility index (Phi) is 4.61. The fraction of sp³-hybridized carbons (Fsp3) is 0.438. The molecule has 1 N–H and O–H groups in total. The van der Waals surface area contributed by atoms with Crippen molar-refractivity contribution in [2.45, 2.75) is 20.0 Å². The topological polar surface area (TPSA) is 56.3 Å². The van der Waals surface area contributed by atoms with Crippen molar-refractivity contribution in [1.82, 2.24) is 14.9 Å². The maximum absolute atomic E-state index is 12.8. The minimum Gasteiger partial charge on any atom is -0.475 e. The molecule has 2 amide bonds. The zero-order chi connectivity index (χ0) is 16.6. The Morgan fingerprint density at radius 1 is 1.39 bits per heavy atom. The molecule has 1 aromatic rings. The molecular formula is C16H20BrN3O3. The number of urea groups is 1. The molecular weight excluding hydrogens is 362 g/mol. The average Bonchev–Trinajstić information content (AvgIpc) is 3.13. The van der Waals surface area contributed by atoms with Crippen LogP contribution in [0.3, 0.4) is 0 Å². The van der Waals surface area contributed by atoms with Crippen LogP contribution in [0.5, 0.6) is 0 Å². The van der Waals surface area contributed by atoms with Gasteiger partial charge in [-0.2, -0.15) is 5.06 Å². The Bertz CT molecular complexity index is 635. The highest BCUT2D eigenvalue weighted by atomic mass is 79.9. The van der Waals surface area contributed by atoms with Crippen molar-refractivity contribution in [1.29, 1.82) is 0 Å². The van der Waals surface area contributed by atoms with Gasteiger partial charge in [-0.15, -0.1) is 0 Å². The second-order valence-electron chi connectivity index (χ2n) is 6.00. The van der Waals surface area contributed by atoms with E-state index in [1.807, 2.05) is 38.1 Å². The maximum atomic E-state index is 12.8. The molecule has 0 aromatic heterocycles. The number of hydrogen-bond acceptors (Lipinski definition) is 4. The molecule has 0 saturated carbocycles. The van der Waals surface area contributed by atoms with Crippen molar-refractivity contribution in [2.24, 2.45) is 5.92 Å². The van der Waals surface area contributed by atoms with Crippen LogP contribution in [0.4, 0.5) is 4.79 Å². The summed E-state index contributed by atoms with van der Waals surface area (Å²) in [5.74, 6) is 1.04. The van der Waals surface area contributed by atoms with Crippen LogP contribution in [0.2, 0.25) is 0 Å². The van der Waals surface area contributed by atoms with Crippen LogP contribution >= 0.6 is 15.9 Å². The van der Waals surface area contributed by atoms with E-state index < -0.39 is 6.17 Å². The van der Waals surface area contributed by atoms with Gasteiger partial charge in [-0.3, -0.25) is 4.90 Å². The molecule has 0 bridgehead atoms. The van der Waals surface area contributed by atoms with Gasteiger partial charge in [0.2, 0.25) is 0 Å². The van der Waals surface area contributed by atoms with Gasteiger partial charge in [-0.05, 0) is 17.7 Å². The molecule has 2 aliphatic heterocycles. The standard InChI is InChI=1S/C16H20BrN3O3/c1-11(2)14-9-18(10-23-14)16(21)19-6-7-20(22)15(19)12-4-3-5-13(17)8-12/h3-5,8-9,11,15,22H,6-7,10H2,1-2H3. The Labute approximate surface area is 144 Å². The summed E-state index contributed by atoms with van der Waals surface area (Å²) in [6.45, 7) is 5.15. The summed E-state index contributed by atoms with van der Waals surface area (Å²) < 4.78 is 6.46.